The van der Waals surface area contributed by atoms with Crippen molar-refractivity contribution in [1.82, 2.24) is 10.6 Å². The van der Waals surface area contributed by atoms with Gasteiger partial charge in [0.1, 0.15) is 0 Å². The van der Waals surface area contributed by atoms with Crippen LogP contribution in [0.4, 0.5) is 0 Å². The van der Waals surface area contributed by atoms with Gasteiger partial charge in [-0.25, -0.2) is 5.43 Å². The van der Waals surface area contributed by atoms with Crippen LogP contribution in [0.25, 0.3) is 0 Å². The van der Waals surface area contributed by atoms with Gasteiger partial charge in [-0.05, 0) is 0 Å². The molecule has 0 aromatic heterocycles. The Labute approximate surface area is 52.2 Å². The first-order valence-electron chi connectivity index (χ1n) is 2.41. The fourth-order valence-corrected chi connectivity index (χ4v) is 0.303. The summed E-state index contributed by atoms with van der Waals surface area (Å²) in [6.45, 7) is -0.0507. The third-order valence-corrected chi connectivity index (χ3v) is 0.635. The van der Waals surface area contributed by atoms with Gasteiger partial charge in [0, 0.05) is 12.0 Å². The lowest BCUT2D eigenvalue weighted by molar-refractivity contribution is -0.479. The zero-order chi connectivity index (χ0) is 7.28. The van der Waals surface area contributed by atoms with Crippen molar-refractivity contribution in [3.8, 4) is 0 Å². The molecule has 9 heavy (non-hydrogen) atoms. The number of hydrogen-bond acceptors (Lipinski definition) is 5. The number of hydrogen-bond donors (Lipinski definition) is 2. The van der Waals surface area contributed by atoms with Gasteiger partial charge in [0.05, 0.1) is 6.54 Å². The summed E-state index contributed by atoms with van der Waals surface area (Å²) in [7, 11) is 1.35. The Kier molecular flexibility index (Phi) is 3.85. The average molecular weight is 135 g/mol. The molecule has 0 unspecified atom stereocenters. The highest BCUT2D eigenvalue weighted by atomic mass is 16.6. The van der Waals surface area contributed by atoms with Crippen molar-refractivity contribution in [3.05, 3.63) is 10.1 Å². The van der Waals surface area contributed by atoms with Crippen LogP contribution in [0.3, 0.4) is 0 Å². The van der Waals surface area contributed by atoms with E-state index in [-0.39, 0.29) is 13.1 Å². The Balaban J connectivity index is 3.01. The van der Waals surface area contributed by atoms with Gasteiger partial charge in [-0.1, -0.05) is 0 Å². The molecule has 0 heterocycles. The molecule has 6 heteroatoms. The maximum atomic E-state index is 9.65. The van der Waals surface area contributed by atoms with Gasteiger partial charge >= 0.3 is 0 Å². The second-order valence-corrected chi connectivity index (χ2v) is 1.49. The van der Waals surface area contributed by atoms with Crippen LogP contribution in [0, 0.1) is 10.1 Å². The standard InChI is InChI=1S/C3H9N3O3/c1-5(7)4-2-3-6(8)9/h4,7H,2-3H2,1H3. The molecule has 0 radical (unpaired) electrons. The lowest BCUT2D eigenvalue weighted by Gasteiger charge is -2.05. The van der Waals surface area contributed by atoms with Crippen molar-refractivity contribution in [2.24, 2.45) is 0 Å². The van der Waals surface area contributed by atoms with E-state index in [0.717, 1.165) is 0 Å². The molecule has 2 N–H and O–H groups in total. The molecule has 0 atom stereocenters. The monoisotopic (exact) mass is 135 g/mol. The first kappa shape index (κ1) is 8.28. The van der Waals surface area contributed by atoms with Crippen molar-refractivity contribution >= 4 is 0 Å². The summed E-state index contributed by atoms with van der Waals surface area (Å²) < 4.78 is 0. The third kappa shape index (κ3) is 7.28. The summed E-state index contributed by atoms with van der Waals surface area (Å²) in [4.78, 5) is 9.18. The maximum Gasteiger partial charge on any atom is 0.217 e. The summed E-state index contributed by atoms with van der Waals surface area (Å²) in [5.74, 6) is 0. The van der Waals surface area contributed by atoms with Crippen molar-refractivity contribution in [1.29, 1.82) is 0 Å². The van der Waals surface area contributed by atoms with E-state index < -0.39 is 4.92 Å². The zero-order valence-electron chi connectivity index (χ0n) is 5.07. The first-order valence-corrected chi connectivity index (χ1v) is 2.41. The van der Waals surface area contributed by atoms with E-state index in [1.165, 1.54) is 7.05 Å². The topological polar surface area (TPSA) is 78.6 Å². The quantitative estimate of drug-likeness (QED) is 0.385. The molecule has 0 amide bonds. The smallest absolute Gasteiger partial charge is 0.217 e. The molecular weight excluding hydrogens is 126 g/mol. The lowest BCUT2D eigenvalue weighted by atomic mass is 10.7. The van der Waals surface area contributed by atoms with Gasteiger partial charge in [0.15, 0.2) is 0 Å². The summed E-state index contributed by atoms with van der Waals surface area (Å²) in [5.41, 5.74) is 2.32. The highest BCUT2D eigenvalue weighted by Crippen LogP contribution is 1.66. The van der Waals surface area contributed by atoms with Crippen LogP contribution in [-0.4, -0.2) is 35.4 Å². The highest BCUT2D eigenvalue weighted by molar-refractivity contribution is 4.31. The van der Waals surface area contributed by atoms with Crippen molar-refractivity contribution in [2.75, 3.05) is 20.1 Å². The molecular formula is C3H9N3O3. The molecule has 0 aliphatic carbocycles. The second kappa shape index (κ2) is 4.19. The summed E-state index contributed by atoms with van der Waals surface area (Å²) in [6.07, 6.45) is 0. The second-order valence-electron chi connectivity index (χ2n) is 1.49. The molecule has 6 nitrogen and oxygen atoms in total. The van der Waals surface area contributed by atoms with E-state index in [1.807, 2.05) is 0 Å². The molecule has 0 bridgehead atoms. The molecule has 0 fully saturated rings. The minimum atomic E-state index is -0.462. The maximum absolute atomic E-state index is 9.65. The van der Waals surface area contributed by atoms with Gasteiger partial charge < -0.3 is 0 Å². The van der Waals surface area contributed by atoms with E-state index in [4.69, 9.17) is 5.21 Å². The molecule has 54 valence electrons. The van der Waals surface area contributed by atoms with Gasteiger partial charge in [0.2, 0.25) is 6.54 Å². The minimum absolute atomic E-state index is 0.139. The van der Waals surface area contributed by atoms with Crippen LogP contribution in [0.1, 0.15) is 0 Å². The minimum Gasteiger partial charge on any atom is -0.299 e. The summed E-state index contributed by atoms with van der Waals surface area (Å²) >= 11 is 0. The number of rotatable bonds is 4. The van der Waals surface area contributed by atoms with Crippen LogP contribution >= 0.6 is 0 Å². The van der Waals surface area contributed by atoms with E-state index in [2.05, 4.69) is 5.43 Å². The zero-order valence-corrected chi connectivity index (χ0v) is 5.07. The molecule has 0 aliphatic heterocycles. The average Bonchev–Trinajstić information content (AvgIpc) is 1.63. The predicted octanol–water partition coefficient (Wildman–Crippen LogP) is -0.911. The Morgan fingerprint density at radius 2 is 2.44 bits per heavy atom. The fourth-order valence-electron chi connectivity index (χ4n) is 0.303. The van der Waals surface area contributed by atoms with Crippen LogP contribution < -0.4 is 5.43 Å². The Hall–Kier alpha value is -0.720. The Bertz CT molecular complexity index is 94.3. The molecule has 0 saturated heterocycles. The third-order valence-electron chi connectivity index (χ3n) is 0.635. The molecule has 0 rings (SSSR count). The first-order chi connectivity index (χ1) is 4.13. The van der Waals surface area contributed by atoms with Gasteiger partial charge in [-0.15, -0.1) is 5.17 Å². The normalized spacial score (nSPS) is 10.1. The molecule has 0 saturated carbocycles. The fraction of sp³-hybridized carbons (Fsp3) is 1.00. The molecule has 0 aliphatic rings. The highest BCUT2D eigenvalue weighted by Gasteiger charge is 1.95. The van der Waals surface area contributed by atoms with Gasteiger partial charge in [0.25, 0.3) is 0 Å². The van der Waals surface area contributed by atoms with Crippen molar-refractivity contribution in [2.45, 2.75) is 0 Å². The number of nitro groups is 1. The van der Waals surface area contributed by atoms with Gasteiger partial charge in [-0.2, -0.15) is 0 Å². The summed E-state index contributed by atoms with van der Waals surface area (Å²) in [5, 5.41) is 18.7. The van der Waals surface area contributed by atoms with Crippen LogP contribution in [0.15, 0.2) is 0 Å². The van der Waals surface area contributed by atoms with E-state index >= 15 is 0 Å². The Morgan fingerprint density at radius 3 is 2.78 bits per heavy atom. The van der Waals surface area contributed by atoms with Crippen LogP contribution in [0.2, 0.25) is 0 Å². The number of nitrogens with one attached hydrogen (secondary N) is 1. The van der Waals surface area contributed by atoms with Gasteiger partial charge in [-0.3, -0.25) is 15.3 Å². The van der Waals surface area contributed by atoms with E-state index in [9.17, 15) is 10.1 Å². The van der Waals surface area contributed by atoms with E-state index in [1.54, 1.807) is 0 Å². The van der Waals surface area contributed by atoms with Crippen LogP contribution in [0.5, 0.6) is 0 Å². The molecule has 0 aromatic rings. The number of nitrogens with zero attached hydrogens (tertiary/aromatic N) is 2. The predicted molar refractivity (Wildman–Crippen MR) is 29.4 cm³/mol. The SMILES string of the molecule is CN(O)NCC[N+](=O)[O-]. The van der Waals surface area contributed by atoms with E-state index in [0.29, 0.717) is 5.17 Å². The van der Waals surface area contributed by atoms with Crippen molar-refractivity contribution < 1.29 is 10.1 Å². The number of hydroxylamine groups is 1. The van der Waals surface area contributed by atoms with Crippen molar-refractivity contribution in [3.63, 3.8) is 0 Å². The summed E-state index contributed by atoms with van der Waals surface area (Å²) in [6, 6.07) is 0. The largest absolute Gasteiger partial charge is 0.299 e. The Morgan fingerprint density at radius 1 is 1.89 bits per heavy atom. The number of hydrazine groups is 1. The lowest BCUT2D eigenvalue weighted by Crippen LogP contribution is -2.34. The van der Waals surface area contributed by atoms with Crippen LogP contribution in [-0.2, 0) is 0 Å². The molecule has 0 aromatic carbocycles. The molecule has 0 spiro atoms.